The second-order valence-corrected chi connectivity index (χ2v) is 4.41. The topological polar surface area (TPSA) is 78.7 Å². The predicted molar refractivity (Wildman–Crippen MR) is 72.7 cm³/mol. The van der Waals surface area contributed by atoms with Crippen LogP contribution in [0.1, 0.15) is 18.1 Å². The van der Waals surface area contributed by atoms with Crippen LogP contribution in [0, 0.1) is 10.1 Å². The summed E-state index contributed by atoms with van der Waals surface area (Å²) in [6.45, 7) is -1.53. The third-order valence-corrected chi connectivity index (χ3v) is 3.05. The van der Waals surface area contributed by atoms with E-state index in [9.17, 15) is 23.7 Å². The third kappa shape index (κ3) is 4.92. The quantitative estimate of drug-likeness (QED) is 0.320. The average Bonchev–Trinajstić information content (AvgIpc) is 2.39. The number of esters is 1. The number of ether oxygens (including phenoxy) is 2. The van der Waals surface area contributed by atoms with Crippen molar-refractivity contribution < 1.29 is 28.0 Å². The summed E-state index contributed by atoms with van der Waals surface area (Å²) in [5, 5.41) is 11.2. The first-order valence-electron chi connectivity index (χ1n) is 5.85. The van der Waals surface area contributed by atoms with Crippen molar-refractivity contribution in [1.29, 1.82) is 0 Å². The molecule has 0 saturated carbocycles. The molecule has 21 heavy (non-hydrogen) atoms. The van der Waals surface area contributed by atoms with E-state index in [0.29, 0.717) is 5.56 Å². The molecule has 0 aliphatic carbocycles. The fourth-order valence-corrected chi connectivity index (χ4v) is 2.00. The number of nitro benzene ring substituents is 1. The molecule has 116 valence electrons. The van der Waals surface area contributed by atoms with E-state index in [1.165, 1.54) is 6.07 Å². The highest BCUT2D eigenvalue weighted by Gasteiger charge is 2.25. The molecule has 0 saturated heterocycles. The number of hydrogen-bond acceptors (Lipinski definition) is 5. The first-order chi connectivity index (χ1) is 9.88. The first kappa shape index (κ1) is 17.3. The Hall–Kier alpha value is -1.77. The van der Waals surface area contributed by atoms with E-state index in [2.05, 4.69) is 20.7 Å². The largest absolute Gasteiger partial charge is 0.466 e. The van der Waals surface area contributed by atoms with Crippen LogP contribution < -0.4 is 4.74 Å². The number of halogens is 3. The van der Waals surface area contributed by atoms with E-state index in [-0.39, 0.29) is 17.5 Å². The number of alkyl halides is 3. The highest BCUT2D eigenvalue weighted by molar-refractivity contribution is 9.08. The maximum absolute atomic E-state index is 12.4. The van der Waals surface area contributed by atoms with Crippen LogP contribution >= 0.6 is 15.9 Å². The van der Waals surface area contributed by atoms with Gasteiger partial charge in [0.05, 0.1) is 18.0 Å². The van der Waals surface area contributed by atoms with Crippen molar-refractivity contribution in [2.75, 3.05) is 6.61 Å². The Morgan fingerprint density at radius 1 is 1.48 bits per heavy atom. The molecule has 9 heteroatoms. The van der Waals surface area contributed by atoms with E-state index in [1.807, 2.05) is 0 Å². The maximum Gasteiger partial charge on any atom is 0.387 e. The first-order valence-corrected chi connectivity index (χ1v) is 6.97. The van der Waals surface area contributed by atoms with Gasteiger partial charge in [-0.3, -0.25) is 14.9 Å². The van der Waals surface area contributed by atoms with Gasteiger partial charge in [-0.05, 0) is 12.5 Å². The van der Waals surface area contributed by atoms with Crippen molar-refractivity contribution in [3.05, 3.63) is 33.4 Å². The van der Waals surface area contributed by atoms with Crippen molar-refractivity contribution >= 4 is 27.6 Å². The van der Waals surface area contributed by atoms with Crippen LogP contribution in [0.5, 0.6) is 5.75 Å². The van der Waals surface area contributed by atoms with Crippen molar-refractivity contribution in [2.45, 2.75) is 25.3 Å². The molecular formula is C12H12BrF2NO5. The lowest BCUT2D eigenvalue weighted by Crippen LogP contribution is -2.12. The Kier molecular flexibility index (Phi) is 6.47. The average molecular weight is 368 g/mol. The number of rotatable bonds is 7. The van der Waals surface area contributed by atoms with Gasteiger partial charge in [-0.15, -0.1) is 0 Å². The van der Waals surface area contributed by atoms with Crippen molar-refractivity contribution in [3.8, 4) is 5.75 Å². The lowest BCUT2D eigenvalue weighted by Gasteiger charge is -2.12. The smallest absolute Gasteiger partial charge is 0.387 e. The Morgan fingerprint density at radius 2 is 2.14 bits per heavy atom. The molecule has 0 atom stereocenters. The maximum atomic E-state index is 12.4. The van der Waals surface area contributed by atoms with E-state index in [1.54, 1.807) is 6.92 Å². The predicted octanol–water partition coefficient (Wildman–Crippen LogP) is 3.20. The number of hydrogen-bond donors (Lipinski definition) is 0. The summed E-state index contributed by atoms with van der Waals surface area (Å²) in [4.78, 5) is 21.6. The zero-order chi connectivity index (χ0) is 16.0. The summed E-state index contributed by atoms with van der Waals surface area (Å²) in [6.07, 6.45) is -0.391. The van der Waals surface area contributed by atoms with Crippen LogP contribution in [0.3, 0.4) is 0 Å². The fourth-order valence-electron chi connectivity index (χ4n) is 1.67. The summed E-state index contributed by atoms with van der Waals surface area (Å²) in [5.41, 5.74) is -0.174. The molecule has 0 amide bonds. The zero-order valence-corrected chi connectivity index (χ0v) is 12.6. The van der Waals surface area contributed by atoms with Crippen molar-refractivity contribution in [3.63, 3.8) is 0 Å². The summed E-state index contributed by atoms with van der Waals surface area (Å²) < 4.78 is 33.8. The normalized spacial score (nSPS) is 10.5. The van der Waals surface area contributed by atoms with Crippen LogP contribution in [0.4, 0.5) is 14.5 Å². The molecule has 1 rings (SSSR count). The second kappa shape index (κ2) is 7.87. The highest BCUT2D eigenvalue weighted by atomic mass is 79.9. The number of nitrogens with zero attached hydrogens (tertiary/aromatic N) is 1. The van der Waals surface area contributed by atoms with E-state index < -0.39 is 35.4 Å². The van der Waals surface area contributed by atoms with Crippen molar-refractivity contribution in [1.82, 2.24) is 0 Å². The van der Waals surface area contributed by atoms with Crippen LogP contribution in [0.15, 0.2) is 12.1 Å². The molecule has 1 aromatic rings. The lowest BCUT2D eigenvalue weighted by atomic mass is 10.1. The zero-order valence-electron chi connectivity index (χ0n) is 11.0. The molecule has 0 spiro atoms. The fraction of sp³-hybridized carbons (Fsp3) is 0.417. The van der Waals surface area contributed by atoms with Gasteiger partial charge in [0.15, 0.2) is 0 Å². The Balaban J connectivity index is 3.31. The summed E-state index contributed by atoms with van der Waals surface area (Å²) in [7, 11) is 0. The minimum Gasteiger partial charge on any atom is -0.466 e. The molecule has 6 nitrogen and oxygen atoms in total. The number of benzene rings is 1. The molecule has 0 N–H and O–H groups in total. The standard InChI is InChI=1S/C12H12BrF2NO5/c1-2-20-10(17)5-8-3-7(6-13)4-9(16(18)19)11(8)21-12(14)15/h3-4,12H,2,5-6H2,1H3. The monoisotopic (exact) mass is 367 g/mol. The molecule has 0 aliphatic rings. The Labute approximate surface area is 127 Å². The molecule has 0 heterocycles. The molecule has 0 fully saturated rings. The summed E-state index contributed by atoms with van der Waals surface area (Å²) >= 11 is 3.12. The Morgan fingerprint density at radius 3 is 2.62 bits per heavy atom. The molecular weight excluding hydrogens is 356 g/mol. The van der Waals surface area contributed by atoms with E-state index in [0.717, 1.165) is 6.07 Å². The lowest BCUT2D eigenvalue weighted by molar-refractivity contribution is -0.386. The summed E-state index contributed by atoms with van der Waals surface area (Å²) in [5.74, 6) is -1.30. The van der Waals surface area contributed by atoms with Crippen LogP contribution in [-0.2, 0) is 21.3 Å². The van der Waals surface area contributed by atoms with Crippen LogP contribution in [-0.4, -0.2) is 24.1 Å². The molecule has 0 unspecified atom stereocenters. The highest BCUT2D eigenvalue weighted by Crippen LogP contribution is 2.35. The molecule has 0 radical (unpaired) electrons. The number of nitro groups is 1. The molecule has 0 aliphatic heterocycles. The van der Waals surface area contributed by atoms with Gasteiger partial charge >= 0.3 is 18.3 Å². The third-order valence-electron chi connectivity index (χ3n) is 2.40. The van der Waals surface area contributed by atoms with Crippen LogP contribution in [0.2, 0.25) is 0 Å². The van der Waals surface area contributed by atoms with Crippen molar-refractivity contribution in [2.24, 2.45) is 0 Å². The second-order valence-electron chi connectivity index (χ2n) is 3.85. The van der Waals surface area contributed by atoms with Gasteiger partial charge in [-0.2, -0.15) is 8.78 Å². The van der Waals surface area contributed by atoms with Gasteiger partial charge in [-0.1, -0.05) is 22.0 Å². The SMILES string of the molecule is CCOC(=O)Cc1cc(CBr)cc([N+](=O)[O-])c1OC(F)F. The van der Waals surface area contributed by atoms with Gasteiger partial charge in [0.2, 0.25) is 5.75 Å². The Bertz CT molecular complexity index is 539. The van der Waals surface area contributed by atoms with Gasteiger partial charge < -0.3 is 9.47 Å². The minimum atomic E-state index is -3.24. The molecule has 0 bridgehead atoms. The number of carbonyl (C=O) groups is 1. The molecule has 1 aromatic carbocycles. The van der Waals surface area contributed by atoms with E-state index >= 15 is 0 Å². The number of carbonyl (C=O) groups excluding carboxylic acids is 1. The minimum absolute atomic E-state index is 0.0163. The van der Waals surface area contributed by atoms with Gasteiger partial charge in [-0.25, -0.2) is 0 Å². The van der Waals surface area contributed by atoms with E-state index in [4.69, 9.17) is 4.74 Å². The summed E-state index contributed by atoms with van der Waals surface area (Å²) in [6, 6.07) is 2.50. The van der Waals surface area contributed by atoms with Gasteiger partial charge in [0, 0.05) is 17.0 Å². The van der Waals surface area contributed by atoms with Crippen LogP contribution in [0.25, 0.3) is 0 Å². The van der Waals surface area contributed by atoms with Gasteiger partial charge in [0.25, 0.3) is 0 Å². The van der Waals surface area contributed by atoms with Gasteiger partial charge in [0.1, 0.15) is 0 Å². The molecule has 0 aromatic heterocycles.